The van der Waals surface area contributed by atoms with Gasteiger partial charge in [0.1, 0.15) is 17.3 Å². The van der Waals surface area contributed by atoms with Crippen molar-refractivity contribution in [1.82, 2.24) is 4.98 Å². The summed E-state index contributed by atoms with van der Waals surface area (Å²) in [4.78, 5) is 3.87. The predicted octanol–water partition coefficient (Wildman–Crippen LogP) is 2.30. The normalized spacial score (nSPS) is 10.2. The van der Waals surface area contributed by atoms with E-state index in [0.29, 0.717) is 11.3 Å². The number of rotatable bonds is 1. The second kappa shape index (κ2) is 3.57. The number of aromatic nitrogens is 1. The van der Waals surface area contributed by atoms with Crippen LogP contribution in [-0.4, -0.2) is 15.2 Å². The van der Waals surface area contributed by atoms with Crippen LogP contribution in [0.2, 0.25) is 0 Å². The molecule has 0 spiro atoms. The molecule has 3 nitrogen and oxygen atoms in total. The molecule has 15 heavy (non-hydrogen) atoms. The molecule has 0 amide bonds. The van der Waals surface area contributed by atoms with E-state index in [2.05, 4.69) is 4.98 Å². The van der Waals surface area contributed by atoms with E-state index in [1.807, 2.05) is 0 Å². The number of halogens is 1. The van der Waals surface area contributed by atoms with E-state index in [0.717, 1.165) is 0 Å². The number of phenols is 1. The summed E-state index contributed by atoms with van der Waals surface area (Å²) in [7, 11) is 0. The monoisotopic (exact) mass is 205 g/mol. The number of hydrogen-bond donors (Lipinski definition) is 2. The molecule has 0 bridgehead atoms. The van der Waals surface area contributed by atoms with Crippen molar-refractivity contribution in [2.75, 3.05) is 0 Å². The van der Waals surface area contributed by atoms with Gasteiger partial charge in [0, 0.05) is 5.56 Å². The van der Waals surface area contributed by atoms with Crippen LogP contribution >= 0.6 is 0 Å². The number of phenolic OH excluding ortho intramolecular Hbond substituents is 1. The van der Waals surface area contributed by atoms with Crippen LogP contribution in [0.3, 0.4) is 0 Å². The van der Waals surface area contributed by atoms with Crippen molar-refractivity contribution >= 4 is 0 Å². The molecule has 0 fully saturated rings. The Morgan fingerprint density at radius 2 is 1.87 bits per heavy atom. The lowest BCUT2D eigenvalue weighted by molar-refractivity contribution is 0.471. The number of pyridine rings is 1. The molecule has 76 valence electrons. The third kappa shape index (κ3) is 1.88. The van der Waals surface area contributed by atoms with E-state index in [1.54, 1.807) is 0 Å². The lowest BCUT2D eigenvalue weighted by Gasteiger charge is -2.03. The average molecular weight is 205 g/mol. The zero-order chi connectivity index (χ0) is 10.8. The van der Waals surface area contributed by atoms with Crippen molar-refractivity contribution in [3.05, 3.63) is 42.3 Å². The van der Waals surface area contributed by atoms with Crippen LogP contribution in [0.5, 0.6) is 11.5 Å². The molecule has 4 heteroatoms. The maximum atomic E-state index is 12.9. The Hall–Kier alpha value is -2.10. The molecule has 0 aliphatic rings. The van der Waals surface area contributed by atoms with Crippen molar-refractivity contribution in [3.8, 4) is 22.8 Å². The highest BCUT2D eigenvalue weighted by Crippen LogP contribution is 2.28. The van der Waals surface area contributed by atoms with Crippen molar-refractivity contribution < 1.29 is 14.6 Å². The number of benzene rings is 1. The minimum atomic E-state index is -0.447. The van der Waals surface area contributed by atoms with Crippen molar-refractivity contribution in [1.29, 1.82) is 0 Å². The van der Waals surface area contributed by atoms with Crippen LogP contribution in [-0.2, 0) is 0 Å². The zero-order valence-corrected chi connectivity index (χ0v) is 7.68. The van der Waals surface area contributed by atoms with Gasteiger partial charge >= 0.3 is 0 Å². The molecular weight excluding hydrogens is 197 g/mol. The average Bonchev–Trinajstić information content (AvgIpc) is 2.23. The summed E-state index contributed by atoms with van der Waals surface area (Å²) < 4.78 is 12.9. The van der Waals surface area contributed by atoms with Crippen LogP contribution in [0.25, 0.3) is 11.3 Å². The minimum Gasteiger partial charge on any atom is -0.507 e. The van der Waals surface area contributed by atoms with E-state index in [1.165, 1.54) is 36.5 Å². The molecule has 1 aromatic heterocycles. The van der Waals surface area contributed by atoms with Gasteiger partial charge < -0.3 is 10.2 Å². The fourth-order valence-corrected chi connectivity index (χ4v) is 1.26. The highest BCUT2D eigenvalue weighted by Gasteiger charge is 2.06. The molecular formula is C11H8FNO2. The zero-order valence-electron chi connectivity index (χ0n) is 7.68. The molecule has 2 rings (SSSR count). The summed E-state index contributed by atoms with van der Waals surface area (Å²) in [5.74, 6) is -0.470. The molecule has 0 aliphatic heterocycles. The van der Waals surface area contributed by atoms with Gasteiger partial charge in [-0.05, 0) is 30.3 Å². The Labute approximate surface area is 85.5 Å². The Morgan fingerprint density at radius 1 is 1.07 bits per heavy atom. The van der Waals surface area contributed by atoms with Gasteiger partial charge in [-0.3, -0.25) is 4.98 Å². The SMILES string of the molecule is Oc1ccc(-c2cc(F)ccc2O)nc1. The van der Waals surface area contributed by atoms with E-state index in [-0.39, 0.29) is 11.5 Å². The molecule has 2 N–H and O–H groups in total. The first kappa shape index (κ1) is 9.45. The summed E-state index contributed by atoms with van der Waals surface area (Å²) in [6.45, 7) is 0. The quantitative estimate of drug-likeness (QED) is 0.751. The van der Waals surface area contributed by atoms with Gasteiger partial charge in [-0.15, -0.1) is 0 Å². The van der Waals surface area contributed by atoms with Crippen LogP contribution in [0, 0.1) is 5.82 Å². The number of nitrogens with zero attached hydrogens (tertiary/aromatic N) is 1. The number of hydrogen-bond acceptors (Lipinski definition) is 3. The molecule has 0 atom stereocenters. The number of aromatic hydroxyl groups is 2. The molecule has 1 heterocycles. The minimum absolute atomic E-state index is 0.0228. The lowest BCUT2D eigenvalue weighted by atomic mass is 10.1. The standard InChI is InChI=1S/C11H8FNO2/c12-7-1-4-11(15)9(5-7)10-3-2-8(14)6-13-10/h1-6,14-15H. The maximum absolute atomic E-state index is 12.9. The van der Waals surface area contributed by atoms with Gasteiger partial charge in [0.15, 0.2) is 0 Å². The topological polar surface area (TPSA) is 53.4 Å². The van der Waals surface area contributed by atoms with Gasteiger partial charge in [-0.1, -0.05) is 0 Å². The highest BCUT2D eigenvalue weighted by molar-refractivity contribution is 5.66. The second-order valence-electron chi connectivity index (χ2n) is 3.06. The first-order chi connectivity index (χ1) is 7.16. The Morgan fingerprint density at radius 3 is 2.53 bits per heavy atom. The van der Waals surface area contributed by atoms with E-state index in [4.69, 9.17) is 5.11 Å². The fourth-order valence-electron chi connectivity index (χ4n) is 1.26. The summed E-state index contributed by atoms with van der Waals surface area (Å²) in [5.41, 5.74) is 0.708. The Balaban J connectivity index is 2.53. The van der Waals surface area contributed by atoms with E-state index < -0.39 is 5.82 Å². The van der Waals surface area contributed by atoms with Gasteiger partial charge in [0.05, 0.1) is 11.9 Å². The fraction of sp³-hybridized carbons (Fsp3) is 0. The van der Waals surface area contributed by atoms with Crippen LogP contribution in [0.4, 0.5) is 4.39 Å². The first-order valence-electron chi connectivity index (χ1n) is 4.31. The summed E-state index contributed by atoms with van der Waals surface area (Å²) >= 11 is 0. The van der Waals surface area contributed by atoms with Gasteiger partial charge in [0.25, 0.3) is 0 Å². The third-order valence-corrected chi connectivity index (χ3v) is 1.98. The van der Waals surface area contributed by atoms with Crippen LogP contribution in [0.15, 0.2) is 36.5 Å². The highest BCUT2D eigenvalue weighted by atomic mass is 19.1. The van der Waals surface area contributed by atoms with Crippen molar-refractivity contribution in [2.45, 2.75) is 0 Å². The molecule has 0 saturated carbocycles. The van der Waals surface area contributed by atoms with Crippen molar-refractivity contribution in [3.63, 3.8) is 0 Å². The Bertz CT molecular complexity index is 482. The molecule has 1 aromatic carbocycles. The van der Waals surface area contributed by atoms with Crippen molar-refractivity contribution in [2.24, 2.45) is 0 Å². The smallest absolute Gasteiger partial charge is 0.133 e. The molecule has 0 radical (unpaired) electrons. The van der Waals surface area contributed by atoms with Crippen LogP contribution in [0.1, 0.15) is 0 Å². The van der Waals surface area contributed by atoms with E-state index >= 15 is 0 Å². The molecule has 0 saturated heterocycles. The molecule has 0 aliphatic carbocycles. The van der Waals surface area contributed by atoms with Gasteiger partial charge in [0.2, 0.25) is 0 Å². The summed E-state index contributed by atoms with van der Waals surface area (Å²) in [5, 5.41) is 18.5. The second-order valence-corrected chi connectivity index (χ2v) is 3.06. The lowest BCUT2D eigenvalue weighted by Crippen LogP contribution is -1.84. The first-order valence-corrected chi connectivity index (χ1v) is 4.31. The van der Waals surface area contributed by atoms with E-state index in [9.17, 15) is 9.50 Å². The summed E-state index contributed by atoms with van der Waals surface area (Å²) in [6.07, 6.45) is 1.24. The Kier molecular flexibility index (Phi) is 2.25. The molecule has 2 aromatic rings. The largest absolute Gasteiger partial charge is 0.507 e. The third-order valence-electron chi connectivity index (χ3n) is 1.98. The van der Waals surface area contributed by atoms with Gasteiger partial charge in [-0.2, -0.15) is 0 Å². The summed E-state index contributed by atoms with van der Waals surface area (Å²) in [6, 6.07) is 6.55. The van der Waals surface area contributed by atoms with Crippen LogP contribution < -0.4 is 0 Å². The molecule has 0 unspecified atom stereocenters. The maximum Gasteiger partial charge on any atom is 0.133 e. The predicted molar refractivity (Wildman–Crippen MR) is 53.0 cm³/mol. The van der Waals surface area contributed by atoms with Gasteiger partial charge in [-0.25, -0.2) is 4.39 Å².